The van der Waals surface area contributed by atoms with Gasteiger partial charge in [0.05, 0.1) is 32.5 Å². The van der Waals surface area contributed by atoms with Crippen molar-refractivity contribution in [3.8, 4) is 0 Å². The van der Waals surface area contributed by atoms with Gasteiger partial charge in [0.15, 0.2) is 0 Å². The van der Waals surface area contributed by atoms with Crippen LogP contribution in [0.15, 0.2) is 0 Å². The van der Waals surface area contributed by atoms with Gasteiger partial charge in [0.2, 0.25) is 0 Å². The molecular formula is C50H97NO6. The van der Waals surface area contributed by atoms with Crippen molar-refractivity contribution in [3.05, 3.63) is 0 Å². The molecule has 0 spiro atoms. The molecule has 0 aromatic carbocycles. The highest BCUT2D eigenvalue weighted by atomic mass is 16.5. The van der Waals surface area contributed by atoms with E-state index in [0.29, 0.717) is 44.0 Å². The predicted octanol–water partition coefficient (Wildman–Crippen LogP) is 14.0. The number of hydrogen-bond donors (Lipinski definition) is 0. The van der Waals surface area contributed by atoms with Gasteiger partial charge in [0.25, 0.3) is 0 Å². The topological polar surface area (TPSA) is 74.3 Å². The van der Waals surface area contributed by atoms with Crippen molar-refractivity contribution in [3.63, 3.8) is 0 Å². The molecule has 1 saturated heterocycles. The van der Waals surface area contributed by atoms with Gasteiger partial charge in [-0.3, -0.25) is 14.5 Å². The van der Waals surface area contributed by atoms with Crippen LogP contribution < -0.4 is 0 Å². The fraction of sp³-hybridized carbons (Fsp3) is 0.960. The zero-order chi connectivity index (χ0) is 41.3. The van der Waals surface area contributed by atoms with Gasteiger partial charge < -0.3 is 18.9 Å². The molecule has 57 heavy (non-hydrogen) atoms. The first-order chi connectivity index (χ1) is 28.0. The number of rotatable bonds is 43. The van der Waals surface area contributed by atoms with Crippen molar-refractivity contribution in [2.45, 2.75) is 246 Å². The second-order valence-electron chi connectivity index (χ2n) is 17.6. The van der Waals surface area contributed by atoms with Gasteiger partial charge in [0, 0.05) is 39.1 Å². The maximum absolute atomic E-state index is 12.4. The Morgan fingerprint density at radius 2 is 0.842 bits per heavy atom. The van der Waals surface area contributed by atoms with Gasteiger partial charge in [-0.15, -0.1) is 0 Å². The monoisotopic (exact) mass is 808 g/mol. The van der Waals surface area contributed by atoms with E-state index in [4.69, 9.17) is 18.9 Å². The Morgan fingerprint density at radius 1 is 0.456 bits per heavy atom. The lowest BCUT2D eigenvalue weighted by molar-refractivity contribution is -0.145. The van der Waals surface area contributed by atoms with E-state index in [2.05, 4.69) is 32.6 Å². The molecule has 0 radical (unpaired) electrons. The molecular weight excluding hydrogens is 711 g/mol. The maximum atomic E-state index is 12.4. The van der Waals surface area contributed by atoms with Crippen LogP contribution in [0.1, 0.15) is 240 Å². The van der Waals surface area contributed by atoms with Crippen molar-refractivity contribution in [1.82, 2.24) is 4.90 Å². The zero-order valence-electron chi connectivity index (χ0n) is 38.6. The lowest BCUT2D eigenvalue weighted by atomic mass is 9.92. The van der Waals surface area contributed by atoms with Crippen LogP contribution >= 0.6 is 0 Å². The Bertz CT molecular complexity index is 788. The molecule has 1 aliphatic rings. The van der Waals surface area contributed by atoms with Crippen LogP contribution in [0.2, 0.25) is 0 Å². The van der Waals surface area contributed by atoms with Gasteiger partial charge in [-0.25, -0.2) is 0 Å². The van der Waals surface area contributed by atoms with E-state index in [-0.39, 0.29) is 11.9 Å². The summed E-state index contributed by atoms with van der Waals surface area (Å²) < 4.78 is 23.3. The van der Waals surface area contributed by atoms with Gasteiger partial charge in [0.1, 0.15) is 0 Å². The van der Waals surface area contributed by atoms with Crippen LogP contribution in [0.4, 0.5) is 0 Å². The fourth-order valence-corrected chi connectivity index (χ4v) is 8.44. The standard InChI is InChI=1S/C50H97NO6/c1-5-9-19-28-46(29-20-10-6-2)36-42-56-49(52)34-25-17-13-15-23-32-48(55-41-27-38-51-39-44-54-45-40-51)33-24-16-14-18-26-35-50(53)57-43-37-47(30-21-11-7-3)31-22-12-8-4/h46-48H,5-45H2,1-4H3. The number of nitrogens with zero attached hydrogens (tertiary/aromatic N) is 1. The number of ether oxygens (including phenoxy) is 4. The average molecular weight is 808 g/mol. The van der Waals surface area contributed by atoms with Crippen molar-refractivity contribution in [2.75, 3.05) is 52.7 Å². The van der Waals surface area contributed by atoms with Crippen LogP contribution in [-0.2, 0) is 28.5 Å². The van der Waals surface area contributed by atoms with Gasteiger partial charge >= 0.3 is 11.9 Å². The Hall–Kier alpha value is -1.18. The molecule has 1 rings (SSSR count). The molecule has 1 aliphatic heterocycles. The summed E-state index contributed by atoms with van der Waals surface area (Å²) >= 11 is 0. The number of unbranched alkanes of at least 4 members (excludes halogenated alkanes) is 16. The third kappa shape index (κ3) is 35.3. The fourth-order valence-electron chi connectivity index (χ4n) is 8.44. The van der Waals surface area contributed by atoms with E-state index in [9.17, 15) is 9.59 Å². The molecule has 0 aliphatic carbocycles. The Morgan fingerprint density at radius 3 is 1.26 bits per heavy atom. The Labute approximate surface area is 354 Å². The number of esters is 2. The summed E-state index contributed by atoms with van der Waals surface area (Å²) in [6, 6.07) is 0. The second kappa shape index (κ2) is 41.5. The first-order valence-corrected chi connectivity index (χ1v) is 25.2. The highest BCUT2D eigenvalue weighted by molar-refractivity contribution is 5.69. The van der Waals surface area contributed by atoms with E-state index < -0.39 is 0 Å². The van der Waals surface area contributed by atoms with E-state index in [1.807, 2.05) is 0 Å². The molecule has 0 aromatic heterocycles. The van der Waals surface area contributed by atoms with Crippen molar-refractivity contribution in [2.24, 2.45) is 11.8 Å². The predicted molar refractivity (Wildman–Crippen MR) is 241 cm³/mol. The molecule has 1 fully saturated rings. The molecule has 7 heteroatoms. The smallest absolute Gasteiger partial charge is 0.305 e. The molecule has 0 saturated carbocycles. The molecule has 338 valence electrons. The molecule has 0 N–H and O–H groups in total. The van der Waals surface area contributed by atoms with Crippen molar-refractivity contribution >= 4 is 11.9 Å². The maximum Gasteiger partial charge on any atom is 0.305 e. The molecule has 7 nitrogen and oxygen atoms in total. The summed E-state index contributed by atoms with van der Waals surface area (Å²) in [7, 11) is 0. The first kappa shape index (κ1) is 53.8. The largest absolute Gasteiger partial charge is 0.466 e. The third-order valence-electron chi connectivity index (χ3n) is 12.3. The molecule has 0 atom stereocenters. The summed E-state index contributed by atoms with van der Waals surface area (Å²) in [5.41, 5.74) is 0. The van der Waals surface area contributed by atoms with Crippen LogP contribution in [-0.4, -0.2) is 75.6 Å². The van der Waals surface area contributed by atoms with Crippen molar-refractivity contribution < 1.29 is 28.5 Å². The normalized spacial score (nSPS) is 13.7. The van der Waals surface area contributed by atoms with Gasteiger partial charge in [-0.2, -0.15) is 0 Å². The molecule has 0 bridgehead atoms. The summed E-state index contributed by atoms with van der Waals surface area (Å²) in [4.78, 5) is 27.3. The van der Waals surface area contributed by atoms with E-state index in [1.54, 1.807) is 0 Å². The zero-order valence-corrected chi connectivity index (χ0v) is 38.6. The van der Waals surface area contributed by atoms with Crippen LogP contribution in [0, 0.1) is 11.8 Å². The van der Waals surface area contributed by atoms with Crippen LogP contribution in [0.5, 0.6) is 0 Å². The minimum atomic E-state index is -0.00368. The second-order valence-corrected chi connectivity index (χ2v) is 17.6. The van der Waals surface area contributed by atoms with E-state index >= 15 is 0 Å². The average Bonchev–Trinajstić information content (AvgIpc) is 3.21. The van der Waals surface area contributed by atoms with Gasteiger partial charge in [-0.05, 0) is 56.8 Å². The molecule has 1 heterocycles. The summed E-state index contributed by atoms with van der Waals surface area (Å²) in [6.45, 7) is 16.0. The SMILES string of the molecule is CCCCCC(CCCCC)CCOC(=O)CCCCCCCC(CCCCCCCC(=O)OCCC(CCCCC)CCCCC)OCCCN1CCOCC1. The van der Waals surface area contributed by atoms with E-state index in [1.165, 1.54) is 141 Å². The van der Waals surface area contributed by atoms with E-state index in [0.717, 1.165) is 97.2 Å². The highest BCUT2D eigenvalue weighted by Gasteiger charge is 2.14. The number of morpholine rings is 1. The summed E-state index contributed by atoms with van der Waals surface area (Å²) in [6.07, 6.45) is 38.8. The van der Waals surface area contributed by atoms with Crippen LogP contribution in [0.3, 0.4) is 0 Å². The van der Waals surface area contributed by atoms with Crippen molar-refractivity contribution in [1.29, 1.82) is 0 Å². The lowest BCUT2D eigenvalue weighted by Crippen LogP contribution is -2.37. The minimum Gasteiger partial charge on any atom is -0.466 e. The summed E-state index contributed by atoms with van der Waals surface area (Å²) in [5, 5.41) is 0. The number of hydrogen-bond acceptors (Lipinski definition) is 7. The molecule has 0 aromatic rings. The first-order valence-electron chi connectivity index (χ1n) is 25.2. The Kier molecular flexibility index (Phi) is 39.2. The molecule has 0 unspecified atom stereocenters. The number of carbonyl (C=O) groups excluding carboxylic acids is 2. The third-order valence-corrected chi connectivity index (χ3v) is 12.3. The van der Waals surface area contributed by atoms with Crippen LogP contribution in [0.25, 0.3) is 0 Å². The lowest BCUT2D eigenvalue weighted by Gasteiger charge is -2.26. The quantitative estimate of drug-likeness (QED) is 0.0449. The summed E-state index contributed by atoms with van der Waals surface area (Å²) in [5.74, 6) is 1.42. The number of carbonyl (C=O) groups is 2. The highest BCUT2D eigenvalue weighted by Crippen LogP contribution is 2.23. The Balaban J connectivity index is 2.25. The minimum absolute atomic E-state index is 0.00368. The molecule has 0 amide bonds. The van der Waals surface area contributed by atoms with Gasteiger partial charge in [-0.1, -0.05) is 182 Å².